The average molecular weight is 475 g/mol. The molecule has 1 aromatic carbocycles. The Labute approximate surface area is 191 Å². The van der Waals surface area contributed by atoms with Crippen LogP contribution in [0.4, 0.5) is 24.0 Å². The number of aromatic nitrogens is 2. The van der Waals surface area contributed by atoms with E-state index in [1.807, 2.05) is 19.1 Å². The van der Waals surface area contributed by atoms with Crippen LogP contribution in [0.15, 0.2) is 42.7 Å². The van der Waals surface area contributed by atoms with Crippen LogP contribution < -0.4 is 5.32 Å². The van der Waals surface area contributed by atoms with Crippen LogP contribution in [0, 0.1) is 12.3 Å². The molecule has 1 aliphatic rings. The number of aryl methyl sites for hydroxylation is 2. The summed E-state index contributed by atoms with van der Waals surface area (Å²) in [6.07, 6.45) is -3.51. The Bertz CT molecular complexity index is 1210. The van der Waals surface area contributed by atoms with Crippen molar-refractivity contribution in [2.24, 2.45) is 5.41 Å². The number of anilines is 2. The summed E-state index contributed by atoms with van der Waals surface area (Å²) in [5.74, 6) is -2.17. The summed E-state index contributed by atoms with van der Waals surface area (Å²) in [7, 11) is 0. The van der Waals surface area contributed by atoms with Gasteiger partial charge in [-0.3, -0.25) is 14.6 Å². The van der Waals surface area contributed by atoms with Gasteiger partial charge in [0.2, 0.25) is 0 Å². The number of Topliss-reactive ketones (excluding diaryl/α,β-unsaturated/α-hetero) is 1. The topological polar surface area (TPSA) is 92.2 Å². The van der Waals surface area contributed by atoms with Gasteiger partial charge >= 0.3 is 12.1 Å². The number of carbonyl (C=O) groups excluding carboxylic acids is 1. The zero-order chi connectivity index (χ0) is 23.8. The molecular weight excluding hydrogens is 455 g/mol. The number of nitrogens with one attached hydrogen (secondary N) is 1. The molecule has 2 aromatic heterocycles. The second-order valence-electron chi connectivity index (χ2n) is 8.19. The molecule has 1 unspecified atom stereocenters. The van der Waals surface area contributed by atoms with Crippen molar-refractivity contribution in [3.63, 3.8) is 0 Å². The van der Waals surface area contributed by atoms with Gasteiger partial charge in [-0.2, -0.15) is 13.2 Å². The van der Waals surface area contributed by atoms with E-state index in [0.29, 0.717) is 10.7 Å². The van der Waals surface area contributed by atoms with Gasteiger partial charge in [-0.15, -0.1) is 0 Å². The number of carboxylic acids is 1. The van der Waals surface area contributed by atoms with E-state index in [2.05, 4.69) is 15.3 Å². The predicted octanol–water partition coefficient (Wildman–Crippen LogP) is 5.80. The smallest absolute Gasteiger partial charge is 0.390 e. The molecule has 6 nitrogen and oxygen atoms in total. The van der Waals surface area contributed by atoms with Crippen LogP contribution in [0.3, 0.4) is 0 Å². The van der Waals surface area contributed by atoms with Gasteiger partial charge in [0, 0.05) is 17.5 Å². The van der Waals surface area contributed by atoms with Crippen LogP contribution in [-0.4, -0.2) is 33.0 Å². The number of halogens is 3. The van der Waals surface area contributed by atoms with Gasteiger partial charge in [0.1, 0.15) is 0 Å². The minimum Gasteiger partial charge on any atom is -0.481 e. The molecule has 2 N–H and O–H groups in total. The van der Waals surface area contributed by atoms with Crippen LogP contribution in [-0.2, 0) is 11.2 Å². The molecule has 0 fully saturated rings. The second-order valence-corrected chi connectivity index (χ2v) is 9.22. The quantitative estimate of drug-likeness (QED) is 0.468. The first-order valence-electron chi connectivity index (χ1n) is 10.2. The van der Waals surface area contributed by atoms with Crippen molar-refractivity contribution < 1.29 is 27.9 Å². The highest BCUT2D eigenvalue weighted by Crippen LogP contribution is 2.46. The number of benzene rings is 1. The minimum atomic E-state index is -4.64. The summed E-state index contributed by atoms with van der Waals surface area (Å²) >= 11 is 1.39. The van der Waals surface area contributed by atoms with Gasteiger partial charge in [0.15, 0.2) is 10.9 Å². The Morgan fingerprint density at radius 3 is 2.67 bits per heavy atom. The fourth-order valence-corrected chi connectivity index (χ4v) is 4.98. The first kappa shape index (κ1) is 22.9. The van der Waals surface area contributed by atoms with E-state index in [1.54, 1.807) is 24.5 Å². The zero-order valence-corrected chi connectivity index (χ0v) is 18.4. The lowest BCUT2D eigenvalue weighted by molar-refractivity contribution is -0.160. The molecule has 0 aliphatic heterocycles. The summed E-state index contributed by atoms with van der Waals surface area (Å²) in [6.45, 7) is 1.89. The number of pyridine rings is 1. The Morgan fingerprint density at radius 2 is 2.00 bits per heavy atom. The lowest BCUT2D eigenvalue weighted by Crippen LogP contribution is -2.41. The fraction of sp³-hybridized carbons (Fsp3) is 0.304. The average Bonchev–Trinajstić information content (AvgIpc) is 3.19. The van der Waals surface area contributed by atoms with Crippen molar-refractivity contribution in [3.05, 3.63) is 59.5 Å². The number of nitrogens with zero attached hydrogens (tertiary/aromatic N) is 2. The van der Waals surface area contributed by atoms with Gasteiger partial charge < -0.3 is 10.4 Å². The van der Waals surface area contributed by atoms with Gasteiger partial charge in [-0.25, -0.2) is 4.98 Å². The maximum absolute atomic E-state index is 13.2. The molecule has 33 heavy (non-hydrogen) atoms. The monoisotopic (exact) mass is 475 g/mol. The minimum absolute atomic E-state index is 0.157. The lowest BCUT2D eigenvalue weighted by atomic mass is 9.66. The van der Waals surface area contributed by atoms with Crippen molar-refractivity contribution in [2.75, 3.05) is 5.32 Å². The molecule has 0 bridgehead atoms. The summed E-state index contributed by atoms with van der Waals surface area (Å²) in [5, 5.41) is 13.0. The van der Waals surface area contributed by atoms with Gasteiger partial charge in [-0.1, -0.05) is 23.5 Å². The molecule has 0 radical (unpaired) electrons. The number of hydrogen-bond acceptors (Lipinski definition) is 6. The predicted molar refractivity (Wildman–Crippen MR) is 118 cm³/mol. The molecule has 10 heteroatoms. The van der Waals surface area contributed by atoms with E-state index in [9.17, 15) is 27.9 Å². The van der Waals surface area contributed by atoms with Crippen molar-refractivity contribution in [1.82, 2.24) is 9.97 Å². The highest BCUT2D eigenvalue weighted by atomic mass is 32.1. The molecule has 0 amide bonds. The third-order valence-corrected chi connectivity index (χ3v) is 6.65. The van der Waals surface area contributed by atoms with Crippen LogP contribution in [0.1, 0.15) is 40.9 Å². The highest BCUT2D eigenvalue weighted by Gasteiger charge is 2.50. The third kappa shape index (κ3) is 5.05. The molecular formula is C23H20F3N3O3S. The van der Waals surface area contributed by atoms with E-state index in [4.69, 9.17) is 0 Å². The normalized spacial score (nSPS) is 18.1. The van der Waals surface area contributed by atoms with Gasteiger partial charge in [0.25, 0.3) is 0 Å². The van der Waals surface area contributed by atoms with Crippen LogP contribution in [0.2, 0.25) is 0 Å². The van der Waals surface area contributed by atoms with Gasteiger partial charge in [-0.05, 0) is 49.1 Å². The number of rotatable bonds is 6. The van der Waals surface area contributed by atoms with Crippen LogP contribution in [0.25, 0.3) is 10.4 Å². The third-order valence-electron chi connectivity index (χ3n) is 5.69. The lowest BCUT2D eigenvalue weighted by Gasteiger charge is -2.36. The molecule has 2 heterocycles. The number of thiazole rings is 1. The number of hydrogen-bond donors (Lipinski definition) is 2. The first-order valence-corrected chi connectivity index (χ1v) is 11.0. The molecule has 1 aliphatic carbocycles. The highest BCUT2D eigenvalue weighted by molar-refractivity contribution is 7.18. The molecule has 0 saturated carbocycles. The molecule has 4 rings (SSSR count). The molecule has 1 atom stereocenters. The summed E-state index contributed by atoms with van der Waals surface area (Å²) in [6, 6.07) is 8.69. The van der Waals surface area contributed by atoms with Crippen molar-refractivity contribution in [2.45, 2.75) is 38.8 Å². The SMILES string of the molecule is Cc1ccc(Nc2ncc(-c3ccc4c(c3)CCC(CC(=O)O)(CC(F)(F)F)C4=O)s2)cn1. The van der Waals surface area contributed by atoms with E-state index in [-0.39, 0.29) is 18.4 Å². The Hall–Kier alpha value is -3.27. The zero-order valence-electron chi connectivity index (χ0n) is 17.6. The van der Waals surface area contributed by atoms with Crippen molar-refractivity contribution >= 4 is 33.9 Å². The maximum Gasteiger partial charge on any atom is 0.390 e. The van der Waals surface area contributed by atoms with Crippen LogP contribution >= 0.6 is 11.3 Å². The maximum atomic E-state index is 13.2. The number of alkyl halides is 3. The summed E-state index contributed by atoms with van der Waals surface area (Å²) in [5.41, 5.74) is 1.28. The standard InChI is InChI=1S/C23H20F3N3O3S/c1-13-2-4-16(10-27-13)29-21-28-11-18(33-21)15-3-5-17-14(8-15)6-7-22(20(17)32,9-19(30)31)12-23(24,25)26/h2-5,8,10-11H,6-7,9,12H2,1H3,(H,28,29)(H,30,31). The largest absolute Gasteiger partial charge is 0.481 e. The first-order chi connectivity index (χ1) is 15.5. The summed E-state index contributed by atoms with van der Waals surface area (Å²) < 4.78 is 39.6. The van der Waals surface area contributed by atoms with Crippen molar-refractivity contribution in [1.29, 1.82) is 0 Å². The number of aliphatic carboxylic acids is 1. The number of fused-ring (bicyclic) bond motifs is 1. The van der Waals surface area contributed by atoms with E-state index in [0.717, 1.165) is 21.8 Å². The molecule has 0 saturated heterocycles. The number of carboxylic acid groups (broad SMARTS) is 1. The Morgan fingerprint density at radius 1 is 1.21 bits per heavy atom. The second kappa shape index (κ2) is 8.58. The summed E-state index contributed by atoms with van der Waals surface area (Å²) in [4.78, 5) is 33.7. The number of ketones is 1. The van der Waals surface area contributed by atoms with E-state index < -0.39 is 36.2 Å². The fourth-order valence-electron chi connectivity index (χ4n) is 4.15. The van der Waals surface area contributed by atoms with Crippen molar-refractivity contribution in [3.8, 4) is 10.4 Å². The van der Waals surface area contributed by atoms with Gasteiger partial charge in [0.05, 0.1) is 35.0 Å². The molecule has 172 valence electrons. The number of carbonyl (C=O) groups is 2. The molecule has 3 aromatic rings. The Kier molecular flexibility index (Phi) is 5.96. The Balaban J connectivity index is 1.59. The molecule has 0 spiro atoms. The van der Waals surface area contributed by atoms with Crippen LogP contribution in [0.5, 0.6) is 0 Å². The van der Waals surface area contributed by atoms with E-state index >= 15 is 0 Å². The van der Waals surface area contributed by atoms with E-state index in [1.165, 1.54) is 17.4 Å².